The zero-order valence-electron chi connectivity index (χ0n) is 32.9. The summed E-state index contributed by atoms with van der Waals surface area (Å²) in [6.07, 6.45) is 3.79. The van der Waals surface area contributed by atoms with Crippen molar-refractivity contribution in [1.29, 1.82) is 0 Å². The Morgan fingerprint density at radius 2 is 0.949 bits per heavy atom. The highest BCUT2D eigenvalue weighted by Crippen LogP contribution is 2.51. The van der Waals surface area contributed by atoms with Crippen molar-refractivity contribution >= 4 is 43.6 Å². The molecule has 0 N–H and O–H groups in total. The highest BCUT2D eigenvalue weighted by molar-refractivity contribution is 6.14. The quantitative estimate of drug-likeness (QED) is 0.172. The van der Waals surface area contributed by atoms with Gasteiger partial charge in [-0.05, 0) is 129 Å². The van der Waals surface area contributed by atoms with Crippen LogP contribution in [0, 0.1) is 0 Å². The van der Waals surface area contributed by atoms with Crippen LogP contribution >= 0.6 is 0 Å². The van der Waals surface area contributed by atoms with Gasteiger partial charge in [0.15, 0.2) is 0 Å². The summed E-state index contributed by atoms with van der Waals surface area (Å²) >= 11 is 0. The Kier molecular flexibility index (Phi) is 7.27. The molecule has 0 spiro atoms. The molecular weight excluding hydrogens is 715 g/mol. The lowest BCUT2D eigenvalue weighted by molar-refractivity contribution is 0.661. The third-order valence-electron chi connectivity index (χ3n) is 12.8. The summed E-state index contributed by atoms with van der Waals surface area (Å²) in [5, 5.41) is 5.00. The standard InChI is InChI=1S/C56H39N3/c1-56(2)50-21-11-9-19-44(50)46-33-49-48-32-38(24-26-54(48)58(55(49)34-51(46)56)42-17-7-4-8-18-42)37-23-25-53-47(31-37)45-20-10-12-22-52(45)59(53)43-29-40(36-14-5-3-6-15-36)28-41(30-43)39-16-13-27-57-35-39/h3-35H,1-2H3. The fourth-order valence-corrected chi connectivity index (χ4v) is 9.92. The summed E-state index contributed by atoms with van der Waals surface area (Å²) in [6, 6.07) is 69.2. The van der Waals surface area contributed by atoms with Gasteiger partial charge in [-0.3, -0.25) is 4.98 Å². The van der Waals surface area contributed by atoms with E-state index in [1.165, 1.54) is 93.8 Å². The molecule has 0 amide bonds. The van der Waals surface area contributed by atoms with Gasteiger partial charge in [0.25, 0.3) is 0 Å². The average molecular weight is 754 g/mol. The lowest BCUT2D eigenvalue weighted by Gasteiger charge is -2.21. The maximum Gasteiger partial charge on any atom is 0.0544 e. The van der Waals surface area contributed by atoms with Crippen molar-refractivity contribution in [2.45, 2.75) is 19.3 Å². The van der Waals surface area contributed by atoms with E-state index in [0.29, 0.717) is 0 Å². The topological polar surface area (TPSA) is 22.8 Å². The number of rotatable bonds is 5. The zero-order chi connectivity index (χ0) is 39.2. The van der Waals surface area contributed by atoms with Crippen molar-refractivity contribution in [3.63, 3.8) is 0 Å². The fraction of sp³-hybridized carbons (Fsp3) is 0.0536. The summed E-state index contributed by atoms with van der Waals surface area (Å²) in [4.78, 5) is 4.47. The molecule has 11 aromatic rings. The van der Waals surface area contributed by atoms with E-state index in [9.17, 15) is 0 Å². The molecule has 0 fully saturated rings. The number of pyridine rings is 1. The van der Waals surface area contributed by atoms with E-state index in [2.05, 4.69) is 210 Å². The summed E-state index contributed by atoms with van der Waals surface area (Å²) in [5.74, 6) is 0. The van der Waals surface area contributed by atoms with Gasteiger partial charge in [0.2, 0.25) is 0 Å². The van der Waals surface area contributed by atoms with Crippen LogP contribution in [0.2, 0.25) is 0 Å². The third kappa shape index (κ3) is 5.11. The molecule has 3 aromatic heterocycles. The molecule has 8 aromatic carbocycles. The number of benzene rings is 8. The molecule has 0 saturated heterocycles. The Morgan fingerprint density at radius 1 is 0.356 bits per heavy atom. The van der Waals surface area contributed by atoms with Gasteiger partial charge in [-0.15, -0.1) is 0 Å². The molecule has 278 valence electrons. The highest BCUT2D eigenvalue weighted by atomic mass is 15.0. The van der Waals surface area contributed by atoms with Gasteiger partial charge < -0.3 is 9.13 Å². The van der Waals surface area contributed by atoms with Gasteiger partial charge in [0, 0.05) is 56.3 Å². The summed E-state index contributed by atoms with van der Waals surface area (Å²) in [6.45, 7) is 4.73. The van der Waals surface area contributed by atoms with Gasteiger partial charge in [-0.25, -0.2) is 0 Å². The first kappa shape index (κ1) is 33.6. The van der Waals surface area contributed by atoms with E-state index in [0.717, 1.165) is 16.8 Å². The molecule has 0 saturated carbocycles. The predicted octanol–water partition coefficient (Wildman–Crippen LogP) is 14.6. The second-order valence-corrected chi connectivity index (χ2v) is 16.4. The van der Waals surface area contributed by atoms with Crippen LogP contribution in [0.25, 0.3) is 99.5 Å². The van der Waals surface area contributed by atoms with E-state index < -0.39 is 0 Å². The minimum absolute atomic E-state index is 0.0823. The van der Waals surface area contributed by atoms with E-state index >= 15 is 0 Å². The van der Waals surface area contributed by atoms with Crippen molar-refractivity contribution in [3.05, 3.63) is 212 Å². The minimum atomic E-state index is -0.0823. The highest BCUT2D eigenvalue weighted by Gasteiger charge is 2.36. The molecule has 3 nitrogen and oxygen atoms in total. The number of fused-ring (bicyclic) bond motifs is 9. The minimum Gasteiger partial charge on any atom is -0.309 e. The molecule has 0 aliphatic heterocycles. The van der Waals surface area contributed by atoms with Crippen LogP contribution < -0.4 is 0 Å². The number of hydrogen-bond donors (Lipinski definition) is 0. The summed E-state index contributed by atoms with van der Waals surface area (Å²) in [7, 11) is 0. The first-order chi connectivity index (χ1) is 29.0. The van der Waals surface area contributed by atoms with E-state index in [4.69, 9.17) is 0 Å². The summed E-state index contributed by atoms with van der Waals surface area (Å²) in [5.41, 5.74) is 19.5. The van der Waals surface area contributed by atoms with Crippen molar-refractivity contribution in [1.82, 2.24) is 14.1 Å². The molecular formula is C56H39N3. The van der Waals surface area contributed by atoms with Crippen LogP contribution in [0.5, 0.6) is 0 Å². The Balaban J connectivity index is 1.06. The van der Waals surface area contributed by atoms with Gasteiger partial charge in [0.05, 0.1) is 22.1 Å². The first-order valence-electron chi connectivity index (χ1n) is 20.4. The van der Waals surface area contributed by atoms with Gasteiger partial charge in [-0.2, -0.15) is 0 Å². The zero-order valence-corrected chi connectivity index (χ0v) is 32.9. The Hall–Kier alpha value is -7.49. The number of hydrogen-bond acceptors (Lipinski definition) is 1. The Bertz CT molecular complexity index is 3390. The lowest BCUT2D eigenvalue weighted by atomic mass is 9.82. The van der Waals surface area contributed by atoms with E-state index in [-0.39, 0.29) is 5.41 Å². The molecule has 0 bridgehead atoms. The van der Waals surface area contributed by atoms with Crippen molar-refractivity contribution in [2.24, 2.45) is 0 Å². The largest absolute Gasteiger partial charge is 0.309 e. The predicted molar refractivity (Wildman–Crippen MR) is 247 cm³/mol. The Morgan fingerprint density at radius 3 is 1.69 bits per heavy atom. The number of para-hydroxylation sites is 2. The Labute approximate surface area is 343 Å². The maximum absolute atomic E-state index is 4.47. The second-order valence-electron chi connectivity index (χ2n) is 16.4. The number of nitrogens with zero attached hydrogens (tertiary/aromatic N) is 3. The van der Waals surface area contributed by atoms with Gasteiger partial charge in [-0.1, -0.05) is 123 Å². The average Bonchev–Trinajstić information content (AvgIpc) is 3.88. The van der Waals surface area contributed by atoms with Gasteiger partial charge >= 0.3 is 0 Å². The second kappa shape index (κ2) is 12.8. The van der Waals surface area contributed by atoms with E-state index in [1.807, 2.05) is 18.5 Å². The van der Waals surface area contributed by atoms with Crippen LogP contribution in [0.3, 0.4) is 0 Å². The molecule has 59 heavy (non-hydrogen) atoms. The first-order valence-corrected chi connectivity index (χ1v) is 20.4. The van der Waals surface area contributed by atoms with Crippen LogP contribution in [-0.4, -0.2) is 14.1 Å². The third-order valence-corrected chi connectivity index (χ3v) is 12.8. The van der Waals surface area contributed by atoms with Crippen molar-refractivity contribution in [3.8, 4) is 55.9 Å². The monoisotopic (exact) mass is 753 g/mol. The number of aromatic nitrogens is 3. The normalized spacial score (nSPS) is 13.1. The molecule has 3 heterocycles. The van der Waals surface area contributed by atoms with Crippen LogP contribution in [-0.2, 0) is 5.41 Å². The molecule has 0 unspecified atom stereocenters. The van der Waals surface area contributed by atoms with Crippen LogP contribution in [0.15, 0.2) is 200 Å². The SMILES string of the molecule is CC1(C)c2ccccc2-c2cc3c4cc(-c5ccc6c(c5)c5ccccc5n6-c5cc(-c6ccccc6)cc(-c6cccnc6)c5)ccc4n(-c4ccccc4)c3cc21. The fourth-order valence-electron chi connectivity index (χ4n) is 9.92. The smallest absolute Gasteiger partial charge is 0.0544 e. The molecule has 1 aliphatic carbocycles. The lowest BCUT2D eigenvalue weighted by Crippen LogP contribution is -2.14. The van der Waals surface area contributed by atoms with Crippen molar-refractivity contribution in [2.75, 3.05) is 0 Å². The van der Waals surface area contributed by atoms with Gasteiger partial charge in [0.1, 0.15) is 0 Å². The molecule has 12 rings (SSSR count). The molecule has 1 aliphatic rings. The van der Waals surface area contributed by atoms with E-state index in [1.54, 1.807) is 0 Å². The maximum atomic E-state index is 4.47. The van der Waals surface area contributed by atoms with Crippen LogP contribution in [0.4, 0.5) is 0 Å². The molecule has 3 heteroatoms. The van der Waals surface area contributed by atoms with Crippen molar-refractivity contribution < 1.29 is 0 Å². The summed E-state index contributed by atoms with van der Waals surface area (Å²) < 4.78 is 4.88. The molecule has 0 atom stereocenters. The van der Waals surface area contributed by atoms with Crippen LogP contribution in [0.1, 0.15) is 25.0 Å². The molecule has 0 radical (unpaired) electrons.